The topological polar surface area (TPSA) is 35.5 Å². The standard InChI is InChI=1S/C16H26F2N2O/c1-4-20(5-2)8-6-7-12(3)19-11-13-9-14(17)16(21)15(18)10-13/h9-10,12,19,21H,4-8,11H2,1-3H3. The molecule has 1 atom stereocenters. The molecule has 0 radical (unpaired) electrons. The number of benzene rings is 1. The van der Waals surface area contributed by atoms with Gasteiger partial charge in [0.25, 0.3) is 0 Å². The van der Waals surface area contributed by atoms with Gasteiger partial charge in [-0.3, -0.25) is 0 Å². The third kappa shape index (κ3) is 5.98. The predicted octanol–water partition coefficient (Wildman–Crippen LogP) is 3.27. The highest BCUT2D eigenvalue weighted by Gasteiger charge is 2.10. The van der Waals surface area contributed by atoms with Crippen molar-refractivity contribution in [2.24, 2.45) is 0 Å². The number of hydrogen-bond donors (Lipinski definition) is 2. The molecule has 120 valence electrons. The van der Waals surface area contributed by atoms with Gasteiger partial charge in [-0.2, -0.15) is 0 Å². The van der Waals surface area contributed by atoms with E-state index in [1.807, 2.05) is 0 Å². The summed E-state index contributed by atoms with van der Waals surface area (Å²) < 4.78 is 26.4. The Morgan fingerprint density at radius 1 is 1.19 bits per heavy atom. The van der Waals surface area contributed by atoms with Gasteiger partial charge in [-0.25, -0.2) is 8.78 Å². The van der Waals surface area contributed by atoms with Crippen LogP contribution in [0, 0.1) is 11.6 Å². The second-order valence-corrected chi connectivity index (χ2v) is 5.36. The minimum Gasteiger partial charge on any atom is -0.503 e. The predicted molar refractivity (Wildman–Crippen MR) is 81.3 cm³/mol. The molecule has 0 saturated carbocycles. The number of halogens is 2. The molecular formula is C16H26F2N2O. The molecule has 0 spiro atoms. The Morgan fingerprint density at radius 2 is 1.76 bits per heavy atom. The maximum absolute atomic E-state index is 13.2. The Balaban J connectivity index is 2.34. The van der Waals surface area contributed by atoms with E-state index in [-0.39, 0.29) is 6.04 Å². The summed E-state index contributed by atoms with van der Waals surface area (Å²) in [5.74, 6) is -2.74. The fraction of sp³-hybridized carbons (Fsp3) is 0.625. The van der Waals surface area contributed by atoms with Crippen molar-refractivity contribution in [1.29, 1.82) is 0 Å². The van der Waals surface area contributed by atoms with Crippen molar-refractivity contribution < 1.29 is 13.9 Å². The van der Waals surface area contributed by atoms with Crippen LogP contribution < -0.4 is 5.32 Å². The molecule has 1 rings (SSSR count). The lowest BCUT2D eigenvalue weighted by molar-refractivity contribution is 0.290. The fourth-order valence-corrected chi connectivity index (χ4v) is 2.28. The van der Waals surface area contributed by atoms with Crippen LogP contribution in [-0.4, -0.2) is 35.7 Å². The van der Waals surface area contributed by atoms with Crippen molar-refractivity contribution in [3.63, 3.8) is 0 Å². The second kappa shape index (κ2) is 8.95. The average Bonchev–Trinajstić information content (AvgIpc) is 2.47. The molecule has 0 aliphatic heterocycles. The zero-order valence-corrected chi connectivity index (χ0v) is 13.1. The van der Waals surface area contributed by atoms with Gasteiger partial charge in [-0.1, -0.05) is 13.8 Å². The van der Waals surface area contributed by atoms with Crippen LogP contribution in [0.2, 0.25) is 0 Å². The molecule has 0 aromatic heterocycles. The minimum atomic E-state index is -0.916. The Bertz CT molecular complexity index is 413. The highest BCUT2D eigenvalue weighted by molar-refractivity contribution is 5.29. The number of aromatic hydroxyl groups is 1. The van der Waals surface area contributed by atoms with Crippen molar-refractivity contribution in [2.45, 2.75) is 46.2 Å². The van der Waals surface area contributed by atoms with E-state index in [0.29, 0.717) is 12.1 Å². The van der Waals surface area contributed by atoms with Gasteiger partial charge in [0, 0.05) is 12.6 Å². The highest BCUT2D eigenvalue weighted by Crippen LogP contribution is 2.21. The van der Waals surface area contributed by atoms with Gasteiger partial charge >= 0.3 is 0 Å². The van der Waals surface area contributed by atoms with Gasteiger partial charge in [0.1, 0.15) is 0 Å². The molecule has 1 aromatic rings. The third-order valence-electron chi connectivity index (χ3n) is 3.74. The molecule has 2 N–H and O–H groups in total. The second-order valence-electron chi connectivity index (χ2n) is 5.36. The molecule has 3 nitrogen and oxygen atoms in total. The Hall–Kier alpha value is -1.20. The van der Waals surface area contributed by atoms with Crippen LogP contribution >= 0.6 is 0 Å². The van der Waals surface area contributed by atoms with Crippen LogP contribution in [-0.2, 0) is 6.54 Å². The summed E-state index contributed by atoms with van der Waals surface area (Å²) in [6, 6.07) is 2.60. The molecule has 1 unspecified atom stereocenters. The van der Waals surface area contributed by atoms with Gasteiger partial charge in [0.15, 0.2) is 17.4 Å². The van der Waals surface area contributed by atoms with Crippen molar-refractivity contribution >= 4 is 0 Å². The van der Waals surface area contributed by atoms with Crippen LogP contribution in [0.1, 0.15) is 39.2 Å². The molecule has 0 saturated heterocycles. The van der Waals surface area contributed by atoms with Crippen LogP contribution in [0.25, 0.3) is 0 Å². The summed E-state index contributed by atoms with van der Waals surface area (Å²) in [4.78, 5) is 2.37. The summed E-state index contributed by atoms with van der Waals surface area (Å²) >= 11 is 0. The van der Waals surface area contributed by atoms with E-state index in [2.05, 4.69) is 31.0 Å². The summed E-state index contributed by atoms with van der Waals surface area (Å²) in [5.41, 5.74) is 0.499. The zero-order valence-electron chi connectivity index (χ0n) is 13.1. The molecule has 0 bridgehead atoms. The van der Waals surface area contributed by atoms with Crippen molar-refractivity contribution in [1.82, 2.24) is 10.2 Å². The number of rotatable bonds is 9. The molecule has 0 amide bonds. The van der Waals surface area contributed by atoms with Crippen LogP contribution in [0.4, 0.5) is 8.78 Å². The number of nitrogens with one attached hydrogen (secondary N) is 1. The molecule has 5 heteroatoms. The molecule has 0 fully saturated rings. The Kier molecular flexibility index (Phi) is 7.61. The lowest BCUT2D eigenvalue weighted by atomic mass is 10.1. The largest absolute Gasteiger partial charge is 0.503 e. The normalized spacial score (nSPS) is 12.9. The number of phenols is 1. The molecule has 1 aromatic carbocycles. The first-order valence-electron chi connectivity index (χ1n) is 7.60. The monoisotopic (exact) mass is 300 g/mol. The van der Waals surface area contributed by atoms with Gasteiger partial charge in [-0.15, -0.1) is 0 Å². The molecule has 0 aliphatic rings. The summed E-state index contributed by atoms with van der Waals surface area (Å²) in [6.07, 6.45) is 2.10. The maximum Gasteiger partial charge on any atom is 0.187 e. The van der Waals surface area contributed by atoms with E-state index in [4.69, 9.17) is 5.11 Å². The molecule has 0 heterocycles. The lowest BCUT2D eigenvalue weighted by Gasteiger charge is -2.19. The number of nitrogens with zero attached hydrogens (tertiary/aromatic N) is 1. The summed E-state index contributed by atoms with van der Waals surface area (Å²) in [7, 11) is 0. The molecule has 0 aliphatic carbocycles. The minimum absolute atomic E-state index is 0.278. The van der Waals surface area contributed by atoms with Crippen molar-refractivity contribution in [3.05, 3.63) is 29.3 Å². The van der Waals surface area contributed by atoms with Crippen LogP contribution in [0.5, 0.6) is 5.75 Å². The Morgan fingerprint density at radius 3 is 2.29 bits per heavy atom. The van der Waals surface area contributed by atoms with E-state index in [1.54, 1.807) is 0 Å². The summed E-state index contributed by atoms with van der Waals surface area (Å²) in [5, 5.41) is 12.3. The zero-order chi connectivity index (χ0) is 15.8. The van der Waals surface area contributed by atoms with Crippen molar-refractivity contribution in [3.8, 4) is 5.75 Å². The Labute approximate surface area is 126 Å². The van der Waals surface area contributed by atoms with Crippen molar-refractivity contribution in [2.75, 3.05) is 19.6 Å². The smallest absolute Gasteiger partial charge is 0.187 e. The maximum atomic E-state index is 13.2. The van der Waals surface area contributed by atoms with E-state index in [1.165, 1.54) is 0 Å². The fourth-order valence-electron chi connectivity index (χ4n) is 2.28. The SMILES string of the molecule is CCN(CC)CCCC(C)NCc1cc(F)c(O)c(F)c1. The highest BCUT2D eigenvalue weighted by atomic mass is 19.1. The first-order valence-corrected chi connectivity index (χ1v) is 7.60. The first kappa shape index (κ1) is 17.9. The average molecular weight is 300 g/mol. The number of phenolic OH excluding ortho intramolecular Hbond substituents is 1. The van der Waals surface area contributed by atoms with E-state index in [9.17, 15) is 8.78 Å². The third-order valence-corrected chi connectivity index (χ3v) is 3.74. The van der Waals surface area contributed by atoms with Gasteiger partial charge in [0.05, 0.1) is 0 Å². The van der Waals surface area contributed by atoms with Gasteiger partial charge < -0.3 is 15.3 Å². The first-order chi connectivity index (χ1) is 9.97. The van der Waals surface area contributed by atoms with Gasteiger partial charge in [-0.05, 0) is 57.1 Å². The lowest BCUT2D eigenvalue weighted by Crippen LogP contribution is -2.28. The quantitative estimate of drug-likeness (QED) is 0.735. The number of hydrogen-bond acceptors (Lipinski definition) is 3. The molecule has 21 heavy (non-hydrogen) atoms. The van der Waals surface area contributed by atoms with E-state index in [0.717, 1.165) is 44.6 Å². The molecular weight excluding hydrogens is 274 g/mol. The van der Waals surface area contributed by atoms with Crippen LogP contribution in [0.3, 0.4) is 0 Å². The summed E-state index contributed by atoms with van der Waals surface area (Å²) in [6.45, 7) is 9.95. The van der Waals surface area contributed by atoms with E-state index >= 15 is 0 Å². The van der Waals surface area contributed by atoms with Crippen LogP contribution in [0.15, 0.2) is 12.1 Å². The van der Waals surface area contributed by atoms with E-state index < -0.39 is 17.4 Å². The van der Waals surface area contributed by atoms with Gasteiger partial charge in [0.2, 0.25) is 0 Å².